The van der Waals surface area contributed by atoms with Gasteiger partial charge in [-0.15, -0.1) is 11.3 Å². The smallest absolute Gasteiger partial charge is 0.238 e. The van der Waals surface area contributed by atoms with Crippen molar-refractivity contribution < 1.29 is 9.18 Å². The second-order valence-corrected chi connectivity index (χ2v) is 6.41. The predicted octanol–water partition coefficient (Wildman–Crippen LogP) is 3.54. The Morgan fingerprint density at radius 2 is 2.29 bits per heavy atom. The molecule has 0 saturated carbocycles. The first-order valence-electron chi connectivity index (χ1n) is 6.64. The summed E-state index contributed by atoms with van der Waals surface area (Å²) in [4.78, 5) is 15.6. The van der Waals surface area contributed by atoms with Crippen molar-refractivity contribution >= 4 is 34.5 Å². The van der Waals surface area contributed by atoms with Gasteiger partial charge in [0, 0.05) is 18.0 Å². The number of nitrogens with one attached hydrogen (secondary N) is 1. The van der Waals surface area contributed by atoms with Crippen LogP contribution in [0.25, 0.3) is 0 Å². The molecular formula is C15H14ClFN2OS. The molecule has 3 nitrogen and oxygen atoms in total. The van der Waals surface area contributed by atoms with Gasteiger partial charge in [0.2, 0.25) is 5.91 Å². The Hall–Kier alpha value is -1.43. The number of amides is 1. The number of anilines is 1. The highest BCUT2D eigenvalue weighted by Gasteiger charge is 2.19. The molecule has 21 heavy (non-hydrogen) atoms. The molecule has 1 amide bonds. The summed E-state index contributed by atoms with van der Waals surface area (Å²) in [6, 6.07) is 6.05. The summed E-state index contributed by atoms with van der Waals surface area (Å²) in [6.45, 7) is 1.98. The van der Waals surface area contributed by atoms with Crippen LogP contribution in [0.5, 0.6) is 0 Å². The van der Waals surface area contributed by atoms with Gasteiger partial charge in [0.25, 0.3) is 0 Å². The summed E-state index contributed by atoms with van der Waals surface area (Å²) in [5.74, 6) is -0.554. The zero-order valence-electron chi connectivity index (χ0n) is 11.2. The summed E-state index contributed by atoms with van der Waals surface area (Å²) in [5.41, 5.74) is 1.75. The van der Waals surface area contributed by atoms with Crippen molar-refractivity contribution in [3.05, 3.63) is 50.9 Å². The van der Waals surface area contributed by atoms with E-state index in [2.05, 4.69) is 21.7 Å². The van der Waals surface area contributed by atoms with Crippen LogP contribution < -0.4 is 5.32 Å². The number of hydrogen-bond acceptors (Lipinski definition) is 3. The van der Waals surface area contributed by atoms with Crippen molar-refractivity contribution in [1.29, 1.82) is 0 Å². The normalized spacial score (nSPS) is 14.8. The Bertz CT molecular complexity index is 673. The number of carbonyl (C=O) groups is 1. The van der Waals surface area contributed by atoms with Crippen LogP contribution in [0.1, 0.15) is 10.4 Å². The van der Waals surface area contributed by atoms with Crippen LogP contribution in [0.15, 0.2) is 29.6 Å². The molecule has 0 radical (unpaired) electrons. The first kappa shape index (κ1) is 14.5. The number of thiophene rings is 1. The second-order valence-electron chi connectivity index (χ2n) is 5.00. The van der Waals surface area contributed by atoms with Gasteiger partial charge < -0.3 is 5.32 Å². The topological polar surface area (TPSA) is 32.3 Å². The van der Waals surface area contributed by atoms with Gasteiger partial charge >= 0.3 is 0 Å². The molecule has 0 saturated heterocycles. The SMILES string of the molecule is O=C(CN1CCc2sccc2C1)Nc1ccc(F)cc1Cl. The molecule has 2 aromatic rings. The maximum Gasteiger partial charge on any atom is 0.238 e. The quantitative estimate of drug-likeness (QED) is 0.936. The third kappa shape index (κ3) is 3.43. The van der Waals surface area contributed by atoms with Crippen molar-refractivity contribution in [2.24, 2.45) is 0 Å². The molecule has 3 rings (SSSR count). The first-order chi connectivity index (χ1) is 10.1. The van der Waals surface area contributed by atoms with E-state index in [0.29, 0.717) is 12.2 Å². The van der Waals surface area contributed by atoms with E-state index in [9.17, 15) is 9.18 Å². The van der Waals surface area contributed by atoms with Gasteiger partial charge in [0.05, 0.1) is 17.3 Å². The van der Waals surface area contributed by atoms with Crippen LogP contribution in [-0.4, -0.2) is 23.9 Å². The summed E-state index contributed by atoms with van der Waals surface area (Å²) >= 11 is 7.67. The highest BCUT2D eigenvalue weighted by atomic mass is 35.5. The second kappa shape index (κ2) is 6.13. The Labute approximate surface area is 131 Å². The van der Waals surface area contributed by atoms with Crippen LogP contribution in [0.4, 0.5) is 10.1 Å². The molecule has 0 atom stereocenters. The molecule has 1 aromatic carbocycles. The van der Waals surface area contributed by atoms with Gasteiger partial charge in [0.1, 0.15) is 5.82 Å². The van der Waals surface area contributed by atoms with Crippen LogP contribution in [0.2, 0.25) is 5.02 Å². The van der Waals surface area contributed by atoms with Crippen molar-refractivity contribution in [2.75, 3.05) is 18.4 Å². The third-order valence-corrected chi connectivity index (χ3v) is 4.79. The van der Waals surface area contributed by atoms with Crippen LogP contribution in [0.3, 0.4) is 0 Å². The van der Waals surface area contributed by atoms with E-state index in [1.54, 1.807) is 11.3 Å². The van der Waals surface area contributed by atoms with Gasteiger partial charge in [-0.25, -0.2) is 4.39 Å². The molecule has 0 fully saturated rings. The maximum absolute atomic E-state index is 13.0. The monoisotopic (exact) mass is 324 g/mol. The molecule has 6 heteroatoms. The number of hydrogen-bond donors (Lipinski definition) is 1. The molecule has 110 valence electrons. The zero-order chi connectivity index (χ0) is 14.8. The Morgan fingerprint density at radius 3 is 3.10 bits per heavy atom. The van der Waals surface area contributed by atoms with E-state index >= 15 is 0 Å². The van der Waals surface area contributed by atoms with E-state index in [-0.39, 0.29) is 10.9 Å². The Morgan fingerprint density at radius 1 is 1.43 bits per heavy atom. The zero-order valence-corrected chi connectivity index (χ0v) is 12.8. The van der Waals surface area contributed by atoms with E-state index in [4.69, 9.17) is 11.6 Å². The lowest BCUT2D eigenvalue weighted by atomic mass is 10.1. The number of halogens is 2. The fourth-order valence-electron chi connectivity index (χ4n) is 2.43. The average molecular weight is 325 g/mol. The summed E-state index contributed by atoms with van der Waals surface area (Å²) in [5, 5.41) is 5.03. The van der Waals surface area contributed by atoms with Gasteiger partial charge in [-0.2, -0.15) is 0 Å². The van der Waals surface area contributed by atoms with Crippen LogP contribution in [0, 0.1) is 5.82 Å². The summed E-state index contributed by atoms with van der Waals surface area (Å²) in [6.07, 6.45) is 0.984. The van der Waals surface area contributed by atoms with Gasteiger partial charge in [0.15, 0.2) is 0 Å². The van der Waals surface area contributed by atoms with Gasteiger partial charge in [-0.05, 0) is 41.6 Å². The molecule has 0 aliphatic carbocycles. The fourth-order valence-corrected chi connectivity index (χ4v) is 3.53. The average Bonchev–Trinajstić information content (AvgIpc) is 2.89. The lowest BCUT2D eigenvalue weighted by Gasteiger charge is -2.26. The minimum absolute atomic E-state index is 0.137. The van der Waals surface area contributed by atoms with Gasteiger partial charge in [-0.1, -0.05) is 11.6 Å². The molecule has 2 heterocycles. The van der Waals surface area contributed by atoms with Crippen molar-refractivity contribution in [2.45, 2.75) is 13.0 Å². The number of benzene rings is 1. The van der Waals surface area contributed by atoms with Crippen molar-refractivity contribution in [3.8, 4) is 0 Å². The van der Waals surface area contributed by atoms with Crippen molar-refractivity contribution in [3.63, 3.8) is 0 Å². The van der Waals surface area contributed by atoms with Gasteiger partial charge in [-0.3, -0.25) is 9.69 Å². The van der Waals surface area contributed by atoms with Crippen molar-refractivity contribution in [1.82, 2.24) is 4.90 Å². The number of fused-ring (bicyclic) bond motifs is 1. The van der Waals surface area contributed by atoms with E-state index < -0.39 is 5.82 Å². The first-order valence-corrected chi connectivity index (χ1v) is 7.90. The minimum atomic E-state index is -0.418. The number of rotatable bonds is 3. The highest BCUT2D eigenvalue weighted by molar-refractivity contribution is 7.10. The fraction of sp³-hybridized carbons (Fsp3) is 0.267. The van der Waals surface area contributed by atoms with E-state index in [1.165, 1.54) is 28.6 Å². The molecule has 1 aliphatic heterocycles. The van der Waals surface area contributed by atoms with E-state index in [1.807, 2.05) is 0 Å². The predicted molar refractivity (Wildman–Crippen MR) is 83.3 cm³/mol. The molecule has 0 unspecified atom stereocenters. The largest absolute Gasteiger partial charge is 0.324 e. The highest BCUT2D eigenvalue weighted by Crippen LogP contribution is 2.25. The lowest BCUT2D eigenvalue weighted by molar-refractivity contribution is -0.117. The summed E-state index contributed by atoms with van der Waals surface area (Å²) < 4.78 is 13.0. The lowest BCUT2D eigenvalue weighted by Crippen LogP contribution is -2.36. The Balaban J connectivity index is 1.60. The minimum Gasteiger partial charge on any atom is -0.324 e. The molecule has 1 aromatic heterocycles. The number of carbonyl (C=O) groups excluding carboxylic acids is 1. The van der Waals surface area contributed by atoms with E-state index in [0.717, 1.165) is 19.5 Å². The third-order valence-electron chi connectivity index (χ3n) is 3.46. The standard InChI is InChI=1S/C15H14ClFN2OS/c16-12-7-11(17)1-2-13(12)18-15(20)9-19-5-3-14-10(8-19)4-6-21-14/h1-2,4,6-7H,3,5,8-9H2,(H,18,20). The summed E-state index contributed by atoms with van der Waals surface area (Å²) in [7, 11) is 0. The molecule has 0 bridgehead atoms. The molecule has 0 spiro atoms. The molecular weight excluding hydrogens is 311 g/mol. The van der Waals surface area contributed by atoms with Crippen LogP contribution >= 0.6 is 22.9 Å². The number of nitrogens with zero attached hydrogens (tertiary/aromatic N) is 1. The Kier molecular flexibility index (Phi) is 4.24. The van der Waals surface area contributed by atoms with Crippen LogP contribution in [-0.2, 0) is 17.8 Å². The maximum atomic E-state index is 13.0. The molecule has 1 aliphatic rings. The molecule has 1 N–H and O–H groups in total.